The van der Waals surface area contributed by atoms with Crippen molar-refractivity contribution in [2.75, 3.05) is 0 Å². The molecule has 14 heavy (non-hydrogen) atoms. The molecule has 0 spiro atoms. The lowest BCUT2D eigenvalue weighted by Crippen LogP contribution is -2.24. The molecule has 2 unspecified atom stereocenters. The highest BCUT2D eigenvalue weighted by Crippen LogP contribution is 2.19. The first-order chi connectivity index (χ1) is 6.50. The van der Waals surface area contributed by atoms with Crippen molar-refractivity contribution < 1.29 is 5.11 Å². The smallest absolute Gasteiger partial charge is 0.0954 e. The van der Waals surface area contributed by atoms with Crippen LogP contribution < -0.4 is 0 Å². The van der Waals surface area contributed by atoms with Crippen molar-refractivity contribution in [3.05, 3.63) is 16.1 Å². The molecule has 0 radical (unpaired) electrons. The summed E-state index contributed by atoms with van der Waals surface area (Å²) in [6.45, 7) is 8.36. The Morgan fingerprint density at radius 3 is 2.50 bits per heavy atom. The van der Waals surface area contributed by atoms with Crippen LogP contribution in [0.3, 0.4) is 0 Å². The number of rotatable bonds is 4. The molecule has 1 heterocycles. The molecule has 0 saturated heterocycles. The molecule has 1 N–H and O–H groups in total. The van der Waals surface area contributed by atoms with Crippen LogP contribution in [0.5, 0.6) is 0 Å². The molecule has 0 aliphatic carbocycles. The Balaban J connectivity index is 2.52. The van der Waals surface area contributed by atoms with Gasteiger partial charge in [-0.05, 0) is 18.8 Å². The molecule has 1 aromatic rings. The van der Waals surface area contributed by atoms with Crippen LogP contribution in [0.15, 0.2) is 5.38 Å². The predicted octanol–water partition coefficient (Wildman–Crippen LogP) is 2.65. The van der Waals surface area contributed by atoms with Crippen molar-refractivity contribution in [1.29, 1.82) is 0 Å². The molecule has 1 aromatic heterocycles. The molecule has 0 aromatic carbocycles. The molecule has 80 valence electrons. The summed E-state index contributed by atoms with van der Waals surface area (Å²) in [5.74, 6) is 0.852. The summed E-state index contributed by atoms with van der Waals surface area (Å²) in [6, 6.07) is 0. The third kappa shape index (κ3) is 3.07. The average Bonchev–Trinajstić information content (AvgIpc) is 2.49. The van der Waals surface area contributed by atoms with Gasteiger partial charge in [-0.25, -0.2) is 4.98 Å². The highest BCUT2D eigenvalue weighted by Gasteiger charge is 2.18. The second kappa shape index (κ2) is 4.89. The minimum Gasteiger partial charge on any atom is -0.392 e. The molecule has 0 saturated carbocycles. The minimum absolute atomic E-state index is 0.263. The van der Waals surface area contributed by atoms with E-state index in [0.29, 0.717) is 18.3 Å². The van der Waals surface area contributed by atoms with Crippen LogP contribution in [0.2, 0.25) is 0 Å². The first-order valence-electron chi connectivity index (χ1n) is 5.09. The highest BCUT2D eigenvalue weighted by atomic mass is 32.1. The Labute approximate surface area is 90.0 Å². The van der Waals surface area contributed by atoms with Gasteiger partial charge < -0.3 is 5.11 Å². The van der Waals surface area contributed by atoms with Gasteiger partial charge in [0.05, 0.1) is 11.1 Å². The van der Waals surface area contributed by atoms with Crippen molar-refractivity contribution in [3.8, 4) is 0 Å². The van der Waals surface area contributed by atoms with Gasteiger partial charge in [0.25, 0.3) is 0 Å². The van der Waals surface area contributed by atoms with Crippen molar-refractivity contribution in [2.24, 2.45) is 11.8 Å². The summed E-state index contributed by atoms with van der Waals surface area (Å²) in [5.41, 5.74) is 1.05. The summed E-state index contributed by atoms with van der Waals surface area (Å²) in [6.07, 6.45) is 0.429. The van der Waals surface area contributed by atoms with Crippen molar-refractivity contribution in [1.82, 2.24) is 4.98 Å². The lowest BCUT2D eigenvalue weighted by Gasteiger charge is -2.21. The van der Waals surface area contributed by atoms with E-state index in [-0.39, 0.29) is 6.10 Å². The summed E-state index contributed by atoms with van der Waals surface area (Å²) in [7, 11) is 0. The molecule has 0 bridgehead atoms. The van der Waals surface area contributed by atoms with E-state index in [9.17, 15) is 5.11 Å². The number of aliphatic hydroxyl groups excluding tert-OH is 1. The monoisotopic (exact) mass is 213 g/mol. The van der Waals surface area contributed by atoms with E-state index in [4.69, 9.17) is 0 Å². The highest BCUT2D eigenvalue weighted by molar-refractivity contribution is 7.09. The maximum absolute atomic E-state index is 9.92. The Kier molecular flexibility index (Phi) is 4.08. The fourth-order valence-electron chi connectivity index (χ4n) is 1.31. The maximum Gasteiger partial charge on any atom is 0.0954 e. The van der Waals surface area contributed by atoms with Gasteiger partial charge in [-0.3, -0.25) is 0 Å². The van der Waals surface area contributed by atoms with Crippen molar-refractivity contribution in [3.63, 3.8) is 0 Å². The fourth-order valence-corrected chi connectivity index (χ4v) is 2.13. The Bertz CT molecular complexity index is 283. The van der Waals surface area contributed by atoms with E-state index in [1.165, 1.54) is 0 Å². The maximum atomic E-state index is 9.92. The van der Waals surface area contributed by atoms with E-state index >= 15 is 0 Å². The SMILES string of the molecule is Cc1csc(CC(O)C(C)C(C)C)n1. The number of nitrogens with zero attached hydrogens (tertiary/aromatic N) is 1. The molecule has 1 rings (SSSR count). The van der Waals surface area contributed by atoms with Crippen molar-refractivity contribution >= 4 is 11.3 Å². The van der Waals surface area contributed by atoms with Gasteiger partial charge in [-0.2, -0.15) is 0 Å². The van der Waals surface area contributed by atoms with Gasteiger partial charge in [0.15, 0.2) is 0 Å². The topological polar surface area (TPSA) is 33.1 Å². The van der Waals surface area contributed by atoms with Crippen LogP contribution >= 0.6 is 11.3 Å². The fraction of sp³-hybridized carbons (Fsp3) is 0.727. The molecular weight excluding hydrogens is 194 g/mol. The van der Waals surface area contributed by atoms with Gasteiger partial charge in [0, 0.05) is 17.5 Å². The molecule has 3 heteroatoms. The second-order valence-electron chi connectivity index (χ2n) is 4.26. The van der Waals surface area contributed by atoms with Crippen LogP contribution in [0.25, 0.3) is 0 Å². The molecule has 0 aliphatic rings. The second-order valence-corrected chi connectivity index (χ2v) is 5.20. The van der Waals surface area contributed by atoms with Gasteiger partial charge >= 0.3 is 0 Å². The number of hydrogen-bond acceptors (Lipinski definition) is 3. The van der Waals surface area contributed by atoms with Gasteiger partial charge in [0.1, 0.15) is 0 Å². The Hall–Kier alpha value is -0.410. The van der Waals surface area contributed by atoms with E-state index in [1.54, 1.807) is 11.3 Å². The van der Waals surface area contributed by atoms with E-state index in [0.717, 1.165) is 10.7 Å². The first kappa shape index (κ1) is 11.7. The van der Waals surface area contributed by atoms with E-state index in [1.807, 2.05) is 12.3 Å². The standard InChI is InChI=1S/C11H19NOS/c1-7(2)9(4)10(13)5-11-12-8(3)6-14-11/h6-7,9-10,13H,5H2,1-4H3. The zero-order valence-corrected chi connectivity index (χ0v) is 10.1. The summed E-state index contributed by atoms with van der Waals surface area (Å²) in [4.78, 5) is 4.35. The number of thiazole rings is 1. The molecule has 0 amide bonds. The summed E-state index contributed by atoms with van der Waals surface area (Å²) >= 11 is 1.64. The summed E-state index contributed by atoms with van der Waals surface area (Å²) in [5, 5.41) is 13.0. The third-order valence-electron chi connectivity index (χ3n) is 2.71. The number of aromatic nitrogens is 1. The largest absolute Gasteiger partial charge is 0.392 e. The Morgan fingerprint density at radius 2 is 2.07 bits per heavy atom. The average molecular weight is 213 g/mol. The van der Waals surface area contributed by atoms with E-state index < -0.39 is 0 Å². The van der Waals surface area contributed by atoms with Gasteiger partial charge in [-0.1, -0.05) is 20.8 Å². The zero-order valence-electron chi connectivity index (χ0n) is 9.32. The van der Waals surface area contributed by atoms with Crippen LogP contribution in [0.4, 0.5) is 0 Å². The minimum atomic E-state index is -0.263. The Morgan fingerprint density at radius 1 is 1.43 bits per heavy atom. The third-order valence-corrected chi connectivity index (χ3v) is 3.70. The quantitative estimate of drug-likeness (QED) is 0.834. The number of aryl methyl sites for hydroxylation is 1. The molecule has 0 aliphatic heterocycles. The first-order valence-corrected chi connectivity index (χ1v) is 5.97. The van der Waals surface area contributed by atoms with Crippen molar-refractivity contribution in [2.45, 2.75) is 40.2 Å². The van der Waals surface area contributed by atoms with Crippen LogP contribution in [-0.2, 0) is 6.42 Å². The predicted molar refractivity (Wildman–Crippen MR) is 60.6 cm³/mol. The van der Waals surface area contributed by atoms with Crippen LogP contribution in [-0.4, -0.2) is 16.2 Å². The summed E-state index contributed by atoms with van der Waals surface area (Å²) < 4.78 is 0. The van der Waals surface area contributed by atoms with E-state index in [2.05, 4.69) is 25.8 Å². The van der Waals surface area contributed by atoms with Crippen LogP contribution in [0.1, 0.15) is 31.5 Å². The van der Waals surface area contributed by atoms with Gasteiger partial charge in [0.2, 0.25) is 0 Å². The molecule has 0 fully saturated rings. The van der Waals surface area contributed by atoms with Crippen LogP contribution in [0, 0.1) is 18.8 Å². The lowest BCUT2D eigenvalue weighted by molar-refractivity contribution is 0.0921. The molecule has 2 nitrogen and oxygen atoms in total. The zero-order chi connectivity index (χ0) is 10.7. The number of aliphatic hydroxyl groups is 1. The molecule has 2 atom stereocenters. The normalized spacial score (nSPS) is 15.9. The van der Waals surface area contributed by atoms with Gasteiger partial charge in [-0.15, -0.1) is 11.3 Å². The lowest BCUT2D eigenvalue weighted by atomic mass is 9.91. The number of hydrogen-bond donors (Lipinski definition) is 1. The molecular formula is C11H19NOS.